The van der Waals surface area contributed by atoms with Crippen molar-refractivity contribution in [3.05, 3.63) is 38.7 Å². The van der Waals surface area contributed by atoms with E-state index in [1.165, 1.54) is 30.8 Å². The van der Waals surface area contributed by atoms with Gasteiger partial charge in [-0.05, 0) is 37.8 Å². The Labute approximate surface area is 138 Å². The Morgan fingerprint density at radius 3 is 2.58 bits per heavy atom. The zero-order valence-electron chi connectivity index (χ0n) is 14.0. The lowest BCUT2D eigenvalue weighted by molar-refractivity contribution is 0.0893. The summed E-state index contributed by atoms with van der Waals surface area (Å²) in [5.41, 5.74) is 4.79. The highest BCUT2D eigenvalue weighted by Crippen LogP contribution is 2.39. The van der Waals surface area contributed by atoms with Gasteiger partial charge in [0.1, 0.15) is 11.3 Å². The average molecular weight is 331 g/mol. The first-order chi connectivity index (χ1) is 11.3. The van der Waals surface area contributed by atoms with E-state index in [1.807, 2.05) is 6.92 Å². The molecule has 2 aromatic rings. The minimum absolute atomic E-state index is 0.158. The maximum Gasteiger partial charge on any atom is 0.332 e. The highest BCUT2D eigenvalue weighted by molar-refractivity contribution is 5.94. The van der Waals surface area contributed by atoms with Crippen LogP contribution in [0.25, 0.3) is 11.0 Å². The first kappa shape index (κ1) is 16.4. The Hall–Kier alpha value is -2.48. The smallest absolute Gasteiger partial charge is 0.332 e. The summed E-state index contributed by atoms with van der Waals surface area (Å²) < 4.78 is 2.28. The number of hydrogen-bond donors (Lipinski definition) is 2. The lowest BCUT2D eigenvalue weighted by Crippen LogP contribution is -2.53. The number of pyridine rings is 1. The quantitative estimate of drug-likeness (QED) is 0.783. The molecule has 0 bridgehead atoms. The molecule has 2 aromatic heterocycles. The molecule has 128 valence electrons. The van der Waals surface area contributed by atoms with Crippen LogP contribution in [0.1, 0.15) is 30.3 Å². The average Bonchev–Trinajstić information content (AvgIpc) is 3.42. The molecule has 1 saturated carbocycles. The van der Waals surface area contributed by atoms with Gasteiger partial charge >= 0.3 is 5.69 Å². The summed E-state index contributed by atoms with van der Waals surface area (Å²) >= 11 is 0. The van der Waals surface area contributed by atoms with Crippen molar-refractivity contribution in [1.82, 2.24) is 19.4 Å². The van der Waals surface area contributed by atoms with Crippen LogP contribution in [0.2, 0.25) is 0 Å². The molecule has 1 unspecified atom stereocenters. The van der Waals surface area contributed by atoms with Crippen molar-refractivity contribution in [2.24, 2.45) is 25.7 Å². The van der Waals surface area contributed by atoms with Crippen molar-refractivity contribution in [2.45, 2.75) is 25.3 Å². The number of nitrogens with two attached hydrogens (primary N) is 1. The lowest BCUT2D eigenvalue weighted by atomic mass is 9.96. The number of carbonyl (C=O) groups is 1. The number of aryl methyl sites for hydroxylation is 1. The number of amides is 1. The maximum absolute atomic E-state index is 12.5. The van der Waals surface area contributed by atoms with E-state index in [-0.39, 0.29) is 17.2 Å². The number of fused-ring (bicyclic) bond motifs is 1. The number of nitrogens with one attached hydrogen (secondary N) is 1. The lowest BCUT2D eigenvalue weighted by Gasteiger charge is -2.29. The molecule has 2 heterocycles. The van der Waals surface area contributed by atoms with Crippen LogP contribution in [0.3, 0.4) is 0 Å². The molecule has 1 amide bonds. The molecule has 0 spiro atoms. The van der Waals surface area contributed by atoms with E-state index < -0.39 is 16.8 Å². The van der Waals surface area contributed by atoms with Crippen molar-refractivity contribution >= 4 is 16.9 Å². The summed E-state index contributed by atoms with van der Waals surface area (Å²) in [6.45, 7) is 2.27. The summed E-state index contributed by atoms with van der Waals surface area (Å²) in [6, 6.07) is 3.02. The van der Waals surface area contributed by atoms with E-state index in [0.717, 1.165) is 17.4 Å². The summed E-state index contributed by atoms with van der Waals surface area (Å²) in [6.07, 6.45) is 2.09. The van der Waals surface area contributed by atoms with Gasteiger partial charge < -0.3 is 11.1 Å². The zero-order valence-corrected chi connectivity index (χ0v) is 14.0. The molecule has 1 fully saturated rings. The van der Waals surface area contributed by atoms with E-state index in [2.05, 4.69) is 10.3 Å². The molecule has 1 aliphatic rings. The molecule has 8 heteroatoms. The second-order valence-electron chi connectivity index (χ2n) is 6.62. The van der Waals surface area contributed by atoms with Gasteiger partial charge in [0, 0.05) is 20.6 Å². The predicted molar refractivity (Wildman–Crippen MR) is 89.9 cm³/mol. The van der Waals surface area contributed by atoms with E-state index in [0.29, 0.717) is 17.8 Å². The fraction of sp³-hybridized carbons (Fsp3) is 0.500. The maximum atomic E-state index is 12.5. The monoisotopic (exact) mass is 331 g/mol. The Kier molecular flexibility index (Phi) is 3.79. The molecule has 24 heavy (non-hydrogen) atoms. The first-order valence-electron chi connectivity index (χ1n) is 7.88. The Morgan fingerprint density at radius 1 is 1.33 bits per heavy atom. The molecule has 1 atom stereocenters. The molecular formula is C16H21N5O3. The summed E-state index contributed by atoms with van der Waals surface area (Å²) in [4.78, 5) is 40.9. The van der Waals surface area contributed by atoms with Crippen LogP contribution in [0, 0.1) is 5.92 Å². The fourth-order valence-corrected chi connectivity index (χ4v) is 2.94. The van der Waals surface area contributed by atoms with Crippen LogP contribution in [0.4, 0.5) is 0 Å². The number of carbonyl (C=O) groups excluding carboxylic acids is 1. The summed E-state index contributed by atoms with van der Waals surface area (Å²) in [5.74, 6) is 0.0217. The number of aromatic nitrogens is 3. The number of rotatable bonds is 4. The normalized spacial score (nSPS) is 16.8. The second kappa shape index (κ2) is 5.55. The van der Waals surface area contributed by atoms with Crippen LogP contribution in [-0.4, -0.2) is 32.1 Å². The van der Waals surface area contributed by atoms with Crippen LogP contribution >= 0.6 is 0 Å². The first-order valence-corrected chi connectivity index (χ1v) is 7.88. The summed E-state index contributed by atoms with van der Waals surface area (Å²) in [5, 5.41) is 3.24. The van der Waals surface area contributed by atoms with Crippen LogP contribution in [0.15, 0.2) is 21.7 Å². The van der Waals surface area contributed by atoms with Gasteiger partial charge in [-0.3, -0.25) is 18.7 Å². The van der Waals surface area contributed by atoms with E-state index in [4.69, 9.17) is 5.73 Å². The van der Waals surface area contributed by atoms with Gasteiger partial charge in [-0.1, -0.05) is 0 Å². The van der Waals surface area contributed by atoms with Crippen LogP contribution in [-0.2, 0) is 14.1 Å². The third-order valence-corrected chi connectivity index (χ3v) is 4.84. The molecule has 8 nitrogen and oxygen atoms in total. The van der Waals surface area contributed by atoms with Crippen molar-refractivity contribution in [3.8, 4) is 0 Å². The molecule has 0 aliphatic heterocycles. The number of nitrogens with zero attached hydrogens (tertiary/aromatic N) is 3. The SMILES string of the molecule is Cn1c(=O)c2ccc(C(=O)NC(C)(CN)C3CC3)nc2n(C)c1=O. The van der Waals surface area contributed by atoms with Gasteiger partial charge in [0.15, 0.2) is 0 Å². The van der Waals surface area contributed by atoms with Gasteiger partial charge in [-0.25, -0.2) is 9.78 Å². The zero-order chi connectivity index (χ0) is 17.6. The van der Waals surface area contributed by atoms with Gasteiger partial charge in [-0.2, -0.15) is 0 Å². The number of hydrogen-bond acceptors (Lipinski definition) is 5. The van der Waals surface area contributed by atoms with Gasteiger partial charge in [0.25, 0.3) is 11.5 Å². The van der Waals surface area contributed by atoms with Crippen molar-refractivity contribution in [2.75, 3.05) is 6.54 Å². The van der Waals surface area contributed by atoms with Crippen molar-refractivity contribution < 1.29 is 4.79 Å². The third kappa shape index (κ3) is 2.52. The molecule has 3 N–H and O–H groups in total. The predicted octanol–water partition coefficient (Wildman–Crippen LogP) is -0.511. The standard InChI is InChI=1S/C16H21N5O3/c1-16(8-17,9-4-5-9)19-13(22)11-7-6-10-12(18-11)20(2)15(24)21(3)14(10)23/h6-7,9H,4-5,8,17H2,1-3H3,(H,19,22). The summed E-state index contributed by atoms with van der Waals surface area (Å²) in [7, 11) is 2.93. The second-order valence-corrected chi connectivity index (χ2v) is 6.62. The van der Waals surface area contributed by atoms with E-state index in [9.17, 15) is 14.4 Å². The molecule has 1 aliphatic carbocycles. The fourth-order valence-electron chi connectivity index (χ4n) is 2.94. The molecule has 3 rings (SSSR count). The van der Waals surface area contributed by atoms with E-state index in [1.54, 1.807) is 0 Å². The van der Waals surface area contributed by atoms with Gasteiger partial charge in [0.2, 0.25) is 0 Å². The minimum atomic E-state index is -0.484. The highest BCUT2D eigenvalue weighted by Gasteiger charge is 2.41. The Bertz CT molecular complexity index is 941. The third-order valence-electron chi connectivity index (χ3n) is 4.84. The van der Waals surface area contributed by atoms with Crippen molar-refractivity contribution in [1.29, 1.82) is 0 Å². The van der Waals surface area contributed by atoms with Gasteiger partial charge in [0.05, 0.1) is 10.9 Å². The Balaban J connectivity index is 2.03. The van der Waals surface area contributed by atoms with Gasteiger partial charge in [-0.15, -0.1) is 0 Å². The topological polar surface area (TPSA) is 112 Å². The minimum Gasteiger partial charge on any atom is -0.344 e. The van der Waals surface area contributed by atoms with E-state index >= 15 is 0 Å². The largest absolute Gasteiger partial charge is 0.344 e. The molecule has 0 aromatic carbocycles. The molecular weight excluding hydrogens is 310 g/mol. The Morgan fingerprint density at radius 2 is 2.00 bits per heavy atom. The molecule has 0 saturated heterocycles. The van der Waals surface area contributed by atoms with Crippen molar-refractivity contribution in [3.63, 3.8) is 0 Å². The van der Waals surface area contributed by atoms with Crippen LogP contribution in [0.5, 0.6) is 0 Å². The van der Waals surface area contributed by atoms with Crippen LogP contribution < -0.4 is 22.3 Å². The molecule has 0 radical (unpaired) electrons. The highest BCUT2D eigenvalue weighted by atomic mass is 16.2.